The van der Waals surface area contributed by atoms with E-state index in [0.717, 1.165) is 16.6 Å². The van der Waals surface area contributed by atoms with Gasteiger partial charge in [-0.1, -0.05) is 0 Å². The van der Waals surface area contributed by atoms with Crippen LogP contribution in [-0.4, -0.2) is 37.2 Å². The third-order valence-corrected chi connectivity index (χ3v) is 4.74. The Kier molecular flexibility index (Phi) is 13.1. The first-order valence-corrected chi connectivity index (χ1v) is 7.68. The van der Waals surface area contributed by atoms with Gasteiger partial charge in [0.25, 0.3) is 0 Å². The van der Waals surface area contributed by atoms with E-state index in [1.165, 1.54) is 0 Å². The molecule has 13 heavy (non-hydrogen) atoms. The minimum Gasteiger partial charge on any atom is -0.515 e. The molecule has 0 fully saturated rings. The van der Waals surface area contributed by atoms with Gasteiger partial charge in [0.15, 0.2) is 9.04 Å². The molecule has 0 heterocycles. The van der Waals surface area contributed by atoms with Crippen molar-refractivity contribution in [1.29, 1.82) is 0 Å². The summed E-state index contributed by atoms with van der Waals surface area (Å²) < 4.78 is 9.42. The SMILES string of the molecule is CCOC(=O)C=CO.C[SiH](C)O[SiH3]. The van der Waals surface area contributed by atoms with E-state index in [0.29, 0.717) is 12.9 Å². The maximum Gasteiger partial charge on any atom is 0.333 e. The molecule has 0 aliphatic carbocycles. The van der Waals surface area contributed by atoms with Crippen molar-refractivity contribution in [3.8, 4) is 0 Å². The van der Waals surface area contributed by atoms with Crippen molar-refractivity contribution in [1.82, 2.24) is 0 Å². The van der Waals surface area contributed by atoms with Crippen LogP contribution in [0.3, 0.4) is 0 Å². The number of aliphatic hydroxyl groups is 1. The summed E-state index contributed by atoms with van der Waals surface area (Å²) in [4.78, 5) is 10.2. The van der Waals surface area contributed by atoms with Crippen LogP contribution in [-0.2, 0) is 13.6 Å². The van der Waals surface area contributed by atoms with Crippen molar-refractivity contribution >= 4 is 25.5 Å². The Hall–Kier alpha value is -0.596. The van der Waals surface area contributed by atoms with Crippen LogP contribution in [0.2, 0.25) is 13.1 Å². The fraction of sp³-hybridized carbons (Fsp3) is 0.571. The van der Waals surface area contributed by atoms with Gasteiger partial charge in [0.05, 0.1) is 18.9 Å². The minimum atomic E-state index is -0.588. The van der Waals surface area contributed by atoms with Crippen molar-refractivity contribution in [3.63, 3.8) is 0 Å². The molecule has 0 radical (unpaired) electrons. The highest BCUT2D eigenvalue weighted by atomic mass is 28.3. The molecule has 0 aromatic heterocycles. The molecule has 0 aliphatic heterocycles. The molecule has 1 N–H and O–H groups in total. The Labute approximate surface area is 83.8 Å². The van der Waals surface area contributed by atoms with Crippen LogP contribution in [0.25, 0.3) is 0 Å². The predicted octanol–water partition coefficient (Wildman–Crippen LogP) is -0.112. The van der Waals surface area contributed by atoms with Gasteiger partial charge in [0.1, 0.15) is 10.5 Å². The number of ether oxygens (including phenoxy) is 1. The van der Waals surface area contributed by atoms with E-state index in [1.54, 1.807) is 6.92 Å². The van der Waals surface area contributed by atoms with E-state index in [2.05, 4.69) is 17.8 Å². The highest BCUT2D eigenvalue weighted by Gasteiger charge is 1.89. The molecule has 6 heteroatoms. The van der Waals surface area contributed by atoms with Gasteiger partial charge < -0.3 is 14.0 Å². The average Bonchev–Trinajstić information content (AvgIpc) is 2.06. The minimum absolute atomic E-state index is 0.336. The molecule has 0 aromatic rings. The van der Waals surface area contributed by atoms with Crippen LogP contribution in [0.15, 0.2) is 12.3 Å². The molecule has 78 valence electrons. The summed E-state index contributed by atoms with van der Waals surface area (Å²) >= 11 is 0. The number of rotatable bonds is 3. The lowest BCUT2D eigenvalue weighted by Crippen LogP contribution is -2.02. The second kappa shape index (κ2) is 11.4. The Balaban J connectivity index is 0. The Morgan fingerprint density at radius 3 is 2.31 bits per heavy atom. The van der Waals surface area contributed by atoms with Gasteiger partial charge in [-0.15, -0.1) is 0 Å². The third-order valence-electron chi connectivity index (χ3n) is 0.969. The zero-order valence-corrected chi connectivity index (χ0v) is 11.8. The lowest BCUT2D eigenvalue weighted by atomic mass is 10.6. The van der Waals surface area contributed by atoms with Crippen LogP contribution < -0.4 is 0 Å². The van der Waals surface area contributed by atoms with Gasteiger partial charge in [-0.2, -0.15) is 0 Å². The second-order valence-electron chi connectivity index (χ2n) is 2.35. The summed E-state index contributed by atoms with van der Waals surface area (Å²) in [7, 11) is 0.347. The summed E-state index contributed by atoms with van der Waals surface area (Å²) in [5.74, 6) is -0.519. The van der Waals surface area contributed by atoms with Gasteiger partial charge in [0.2, 0.25) is 0 Å². The van der Waals surface area contributed by atoms with E-state index in [9.17, 15) is 4.79 Å². The summed E-state index contributed by atoms with van der Waals surface area (Å²) in [5, 5.41) is 7.98. The molecule has 0 saturated carbocycles. The van der Waals surface area contributed by atoms with Crippen LogP contribution >= 0.6 is 0 Å². The molecular weight excluding hydrogens is 204 g/mol. The number of aliphatic hydroxyl groups excluding tert-OH is 1. The molecule has 0 aromatic carbocycles. The Bertz CT molecular complexity index is 147. The average molecular weight is 222 g/mol. The maximum absolute atomic E-state index is 10.2. The van der Waals surface area contributed by atoms with Gasteiger partial charge >= 0.3 is 5.97 Å². The van der Waals surface area contributed by atoms with Crippen molar-refractivity contribution in [2.24, 2.45) is 0 Å². The molecule has 4 nitrogen and oxygen atoms in total. The normalized spacial score (nSPS) is 9.85. The number of hydrogen-bond donors (Lipinski definition) is 1. The monoisotopic (exact) mass is 222 g/mol. The maximum atomic E-state index is 10.2. The number of esters is 1. The molecule has 0 rings (SSSR count). The fourth-order valence-corrected chi connectivity index (χ4v) is 0.251. The van der Waals surface area contributed by atoms with Crippen LogP contribution in [0, 0.1) is 0 Å². The summed E-state index contributed by atoms with van der Waals surface area (Å²) in [6, 6.07) is 0. The predicted molar refractivity (Wildman–Crippen MR) is 58.3 cm³/mol. The van der Waals surface area contributed by atoms with Gasteiger partial charge in [0, 0.05) is 0 Å². The lowest BCUT2D eigenvalue weighted by molar-refractivity contribution is -0.137. The zero-order valence-electron chi connectivity index (χ0n) is 8.61. The summed E-state index contributed by atoms with van der Waals surface area (Å²) in [6.45, 7) is 6.38. The summed E-state index contributed by atoms with van der Waals surface area (Å²) in [5.41, 5.74) is 0. The Morgan fingerprint density at radius 2 is 2.08 bits per heavy atom. The third kappa shape index (κ3) is 18.4. The number of hydrogen-bond acceptors (Lipinski definition) is 4. The first-order chi connectivity index (χ1) is 6.08. The molecule has 0 saturated heterocycles. The van der Waals surface area contributed by atoms with E-state index >= 15 is 0 Å². The standard InChI is InChI=1S/C5H8O3.C2H10OSi2/c1-2-8-5(7)3-4-6;1-5(2)3-4/h3-4,6H,2H2,1H3;5H,1-2,4H3. The van der Waals surface area contributed by atoms with E-state index in [4.69, 9.17) is 9.22 Å². The quantitative estimate of drug-likeness (QED) is 0.313. The highest BCUT2D eigenvalue weighted by molar-refractivity contribution is 6.52. The van der Waals surface area contributed by atoms with Crippen LogP contribution in [0.1, 0.15) is 6.92 Å². The molecule has 0 aliphatic rings. The largest absolute Gasteiger partial charge is 0.515 e. The second-order valence-corrected chi connectivity index (χ2v) is 6.34. The van der Waals surface area contributed by atoms with Crippen LogP contribution in [0.4, 0.5) is 0 Å². The number of carbonyl (C=O) groups is 1. The number of carbonyl (C=O) groups excluding carboxylic acids is 1. The smallest absolute Gasteiger partial charge is 0.333 e. The molecule has 0 bridgehead atoms. The molecule has 0 amide bonds. The van der Waals surface area contributed by atoms with Crippen molar-refractivity contribution in [2.75, 3.05) is 6.61 Å². The molecule has 0 unspecified atom stereocenters. The van der Waals surface area contributed by atoms with Gasteiger partial charge in [-0.25, -0.2) is 4.79 Å². The van der Waals surface area contributed by atoms with E-state index in [-0.39, 0.29) is 0 Å². The van der Waals surface area contributed by atoms with E-state index < -0.39 is 15.0 Å². The summed E-state index contributed by atoms with van der Waals surface area (Å²) in [6.07, 6.45) is 1.60. The molecular formula is C7H18O4Si2. The van der Waals surface area contributed by atoms with Crippen molar-refractivity contribution < 1.29 is 18.8 Å². The topological polar surface area (TPSA) is 55.8 Å². The molecule has 0 spiro atoms. The van der Waals surface area contributed by atoms with Crippen molar-refractivity contribution in [3.05, 3.63) is 12.3 Å². The highest BCUT2D eigenvalue weighted by Crippen LogP contribution is 1.77. The molecule has 0 atom stereocenters. The zero-order chi connectivity index (χ0) is 10.7. The first-order valence-electron chi connectivity index (χ1n) is 4.08. The van der Waals surface area contributed by atoms with Crippen LogP contribution in [0.5, 0.6) is 0 Å². The first kappa shape index (κ1) is 14.9. The Morgan fingerprint density at radius 1 is 1.62 bits per heavy atom. The van der Waals surface area contributed by atoms with Gasteiger partial charge in [-0.3, -0.25) is 0 Å². The van der Waals surface area contributed by atoms with E-state index in [1.807, 2.05) is 0 Å². The van der Waals surface area contributed by atoms with Crippen molar-refractivity contribution in [2.45, 2.75) is 20.0 Å². The fourth-order valence-electron chi connectivity index (χ4n) is 0.251. The van der Waals surface area contributed by atoms with Gasteiger partial charge in [-0.05, 0) is 20.0 Å². The lowest BCUT2D eigenvalue weighted by Gasteiger charge is -1.93.